The largest absolute Gasteiger partial charge is 0.380 e. The van der Waals surface area contributed by atoms with E-state index in [2.05, 4.69) is 26.1 Å². The summed E-state index contributed by atoms with van der Waals surface area (Å²) in [5.41, 5.74) is 1.32. The lowest BCUT2D eigenvalue weighted by molar-refractivity contribution is -0.127. The maximum absolute atomic E-state index is 13.4. The van der Waals surface area contributed by atoms with Crippen LogP contribution in [-0.2, 0) is 14.9 Å². The molecule has 0 unspecified atom stereocenters. The van der Waals surface area contributed by atoms with Gasteiger partial charge >= 0.3 is 0 Å². The Morgan fingerprint density at radius 2 is 1.48 bits per heavy atom. The highest BCUT2D eigenvalue weighted by Crippen LogP contribution is 2.39. The SMILES string of the molecule is CCCOCCNC(=O)C(c1ccccc1)(c1ccccc1)C(C)C. The summed E-state index contributed by atoms with van der Waals surface area (Å²) >= 11 is 0. The van der Waals surface area contributed by atoms with Crippen LogP contribution < -0.4 is 5.32 Å². The van der Waals surface area contributed by atoms with Gasteiger partial charge in [0.15, 0.2) is 0 Å². The van der Waals surface area contributed by atoms with Gasteiger partial charge in [-0.3, -0.25) is 4.79 Å². The molecule has 0 heterocycles. The quantitative estimate of drug-likeness (QED) is 0.696. The minimum Gasteiger partial charge on any atom is -0.380 e. The number of benzene rings is 2. The van der Waals surface area contributed by atoms with E-state index in [1.54, 1.807) is 0 Å². The average Bonchev–Trinajstić information content (AvgIpc) is 2.64. The molecule has 0 radical (unpaired) electrons. The van der Waals surface area contributed by atoms with Gasteiger partial charge in [0.05, 0.1) is 6.61 Å². The minimum absolute atomic E-state index is 0.0278. The van der Waals surface area contributed by atoms with E-state index in [1.807, 2.05) is 60.7 Å². The summed E-state index contributed by atoms with van der Waals surface area (Å²) in [5.74, 6) is 0.133. The number of hydrogen-bond acceptors (Lipinski definition) is 2. The molecule has 0 aliphatic heterocycles. The summed E-state index contributed by atoms with van der Waals surface area (Å²) < 4.78 is 5.50. The first-order chi connectivity index (χ1) is 12.1. The number of hydrogen-bond donors (Lipinski definition) is 1. The van der Waals surface area contributed by atoms with E-state index in [0.29, 0.717) is 13.2 Å². The lowest BCUT2D eigenvalue weighted by Crippen LogP contribution is -2.49. The molecule has 0 atom stereocenters. The fourth-order valence-corrected chi connectivity index (χ4v) is 3.38. The van der Waals surface area contributed by atoms with Crippen LogP contribution in [0.3, 0.4) is 0 Å². The predicted octanol–water partition coefficient (Wildman–Crippen LogP) is 4.17. The maximum Gasteiger partial charge on any atom is 0.235 e. The topological polar surface area (TPSA) is 38.3 Å². The normalized spacial score (nSPS) is 11.5. The van der Waals surface area contributed by atoms with E-state index in [9.17, 15) is 4.79 Å². The molecule has 0 bridgehead atoms. The van der Waals surface area contributed by atoms with Crippen molar-refractivity contribution in [2.45, 2.75) is 32.6 Å². The molecule has 0 aromatic heterocycles. The van der Waals surface area contributed by atoms with Crippen molar-refractivity contribution in [3.63, 3.8) is 0 Å². The van der Waals surface area contributed by atoms with Crippen molar-refractivity contribution < 1.29 is 9.53 Å². The second kappa shape index (κ2) is 9.38. The first kappa shape index (κ1) is 19.2. The molecule has 1 N–H and O–H groups in total. The van der Waals surface area contributed by atoms with E-state index in [0.717, 1.165) is 24.2 Å². The average molecular weight is 339 g/mol. The fourth-order valence-electron chi connectivity index (χ4n) is 3.38. The van der Waals surface area contributed by atoms with E-state index in [4.69, 9.17) is 4.74 Å². The highest BCUT2D eigenvalue weighted by atomic mass is 16.5. The zero-order valence-electron chi connectivity index (χ0n) is 15.5. The van der Waals surface area contributed by atoms with Crippen LogP contribution in [0.5, 0.6) is 0 Å². The van der Waals surface area contributed by atoms with Gasteiger partial charge in [0.2, 0.25) is 5.91 Å². The number of carbonyl (C=O) groups excluding carboxylic acids is 1. The van der Waals surface area contributed by atoms with Gasteiger partial charge in [-0.15, -0.1) is 0 Å². The maximum atomic E-state index is 13.4. The number of carbonyl (C=O) groups is 1. The predicted molar refractivity (Wildman–Crippen MR) is 103 cm³/mol. The molecule has 0 saturated heterocycles. The van der Waals surface area contributed by atoms with Crippen LogP contribution in [0, 0.1) is 5.92 Å². The van der Waals surface area contributed by atoms with E-state index >= 15 is 0 Å². The van der Waals surface area contributed by atoms with Crippen LogP contribution in [0.1, 0.15) is 38.3 Å². The van der Waals surface area contributed by atoms with Gasteiger partial charge in [-0.25, -0.2) is 0 Å². The Bertz CT molecular complexity index is 598. The van der Waals surface area contributed by atoms with E-state index in [-0.39, 0.29) is 11.8 Å². The molecule has 3 heteroatoms. The Morgan fingerprint density at radius 1 is 0.960 bits per heavy atom. The van der Waals surface area contributed by atoms with Crippen LogP contribution in [0.4, 0.5) is 0 Å². The van der Waals surface area contributed by atoms with Crippen molar-refractivity contribution in [2.24, 2.45) is 5.92 Å². The summed E-state index contributed by atoms with van der Waals surface area (Å²) in [5, 5.41) is 3.10. The van der Waals surface area contributed by atoms with Crippen LogP contribution >= 0.6 is 0 Å². The summed E-state index contributed by atoms with van der Waals surface area (Å²) in [6.07, 6.45) is 0.984. The van der Waals surface area contributed by atoms with Gasteiger partial charge in [0.25, 0.3) is 0 Å². The van der Waals surface area contributed by atoms with Crippen LogP contribution in [0.25, 0.3) is 0 Å². The number of nitrogens with one attached hydrogen (secondary N) is 1. The minimum atomic E-state index is -0.715. The molecule has 0 saturated carbocycles. The Balaban J connectivity index is 2.36. The first-order valence-electron chi connectivity index (χ1n) is 9.11. The van der Waals surface area contributed by atoms with Crippen LogP contribution in [0.2, 0.25) is 0 Å². The molecule has 0 aliphatic carbocycles. The third-order valence-electron chi connectivity index (χ3n) is 4.56. The van der Waals surface area contributed by atoms with Crippen LogP contribution in [-0.4, -0.2) is 25.7 Å². The molecule has 2 aromatic carbocycles. The molecular formula is C22H29NO2. The first-order valence-corrected chi connectivity index (χ1v) is 9.11. The molecule has 2 rings (SSSR count). The van der Waals surface area contributed by atoms with E-state index in [1.165, 1.54) is 0 Å². The van der Waals surface area contributed by atoms with Gasteiger partial charge in [-0.1, -0.05) is 81.4 Å². The summed E-state index contributed by atoms with van der Waals surface area (Å²) in [6, 6.07) is 20.1. The lowest BCUT2D eigenvalue weighted by atomic mass is 9.66. The van der Waals surface area contributed by atoms with Gasteiger partial charge in [0, 0.05) is 13.2 Å². The summed E-state index contributed by atoms with van der Waals surface area (Å²) in [7, 11) is 0. The Kier molecular flexibility index (Phi) is 7.20. The molecular weight excluding hydrogens is 310 g/mol. The van der Waals surface area contributed by atoms with Crippen molar-refractivity contribution in [2.75, 3.05) is 19.8 Å². The Morgan fingerprint density at radius 3 is 1.92 bits per heavy atom. The van der Waals surface area contributed by atoms with Gasteiger partial charge < -0.3 is 10.1 Å². The Labute approximate surface area is 151 Å². The van der Waals surface area contributed by atoms with Gasteiger partial charge in [0.1, 0.15) is 5.41 Å². The number of amides is 1. The summed E-state index contributed by atoms with van der Waals surface area (Å²) in [6.45, 7) is 8.07. The van der Waals surface area contributed by atoms with Crippen molar-refractivity contribution >= 4 is 5.91 Å². The lowest BCUT2D eigenvalue weighted by Gasteiger charge is -2.37. The molecule has 1 amide bonds. The third kappa shape index (κ3) is 4.29. The molecule has 0 aliphatic rings. The summed E-state index contributed by atoms with van der Waals surface area (Å²) in [4.78, 5) is 13.4. The number of rotatable bonds is 9. The molecule has 0 fully saturated rings. The zero-order chi connectivity index (χ0) is 18.1. The van der Waals surface area contributed by atoms with Crippen molar-refractivity contribution in [1.82, 2.24) is 5.32 Å². The van der Waals surface area contributed by atoms with Gasteiger partial charge in [-0.05, 0) is 23.5 Å². The highest BCUT2D eigenvalue weighted by molar-refractivity contribution is 5.92. The molecule has 25 heavy (non-hydrogen) atoms. The standard InChI is InChI=1S/C22H29NO2/c1-4-16-25-17-15-23-21(24)22(18(2)3,19-11-7-5-8-12-19)20-13-9-6-10-14-20/h5-14,18H,4,15-17H2,1-3H3,(H,23,24). The Hall–Kier alpha value is -2.13. The molecule has 3 nitrogen and oxygen atoms in total. The molecule has 2 aromatic rings. The van der Waals surface area contributed by atoms with Crippen LogP contribution in [0.15, 0.2) is 60.7 Å². The molecule has 134 valence electrons. The third-order valence-corrected chi connectivity index (χ3v) is 4.56. The van der Waals surface area contributed by atoms with Crippen molar-refractivity contribution in [1.29, 1.82) is 0 Å². The highest BCUT2D eigenvalue weighted by Gasteiger charge is 2.44. The second-order valence-electron chi connectivity index (χ2n) is 6.56. The monoisotopic (exact) mass is 339 g/mol. The number of ether oxygens (including phenoxy) is 1. The van der Waals surface area contributed by atoms with Crippen molar-refractivity contribution in [3.05, 3.63) is 71.8 Å². The zero-order valence-corrected chi connectivity index (χ0v) is 15.5. The second-order valence-corrected chi connectivity index (χ2v) is 6.56. The molecule has 0 spiro atoms. The van der Waals surface area contributed by atoms with Crippen molar-refractivity contribution in [3.8, 4) is 0 Å². The smallest absolute Gasteiger partial charge is 0.235 e. The fraction of sp³-hybridized carbons (Fsp3) is 0.409. The van der Waals surface area contributed by atoms with Gasteiger partial charge in [-0.2, -0.15) is 0 Å². The van der Waals surface area contributed by atoms with E-state index < -0.39 is 5.41 Å².